The first-order valence-corrected chi connectivity index (χ1v) is 5.13. The largest absolute Gasteiger partial charge is 0.393 e. The zero-order valence-corrected chi connectivity index (χ0v) is 9.72. The summed E-state index contributed by atoms with van der Waals surface area (Å²) in [6, 6.07) is 0. The second kappa shape index (κ2) is 4.80. The van der Waals surface area contributed by atoms with Crippen LogP contribution in [0.5, 0.6) is 0 Å². The van der Waals surface area contributed by atoms with E-state index in [0.29, 0.717) is 0 Å². The molecule has 1 heteroatoms. The molecule has 0 aromatic heterocycles. The van der Waals surface area contributed by atoms with Gasteiger partial charge in [-0.3, -0.25) is 0 Å². The van der Waals surface area contributed by atoms with Gasteiger partial charge in [0.1, 0.15) is 0 Å². The van der Waals surface area contributed by atoms with Crippen molar-refractivity contribution in [1.82, 2.24) is 0 Å². The topological polar surface area (TPSA) is 20.2 Å². The summed E-state index contributed by atoms with van der Waals surface area (Å²) in [6.45, 7) is 14.7. The van der Waals surface area contributed by atoms with Crippen LogP contribution in [0.4, 0.5) is 0 Å². The van der Waals surface area contributed by atoms with Crippen molar-refractivity contribution >= 4 is 0 Å². The van der Waals surface area contributed by atoms with E-state index in [2.05, 4.69) is 34.3 Å². The molecule has 0 saturated heterocycles. The summed E-state index contributed by atoms with van der Waals surface area (Å²) in [5, 5.41) is 9.63. The van der Waals surface area contributed by atoms with Gasteiger partial charge in [0.15, 0.2) is 0 Å². The summed E-state index contributed by atoms with van der Waals surface area (Å²) in [4.78, 5) is 0. The molecule has 0 radical (unpaired) electrons. The van der Waals surface area contributed by atoms with Crippen LogP contribution in [0.25, 0.3) is 0 Å². The van der Waals surface area contributed by atoms with E-state index in [1.54, 1.807) is 0 Å². The molecular weight excluding hydrogens is 160 g/mol. The van der Waals surface area contributed by atoms with E-state index in [1.165, 1.54) is 5.57 Å². The van der Waals surface area contributed by atoms with Crippen molar-refractivity contribution in [2.24, 2.45) is 11.3 Å². The van der Waals surface area contributed by atoms with E-state index in [-0.39, 0.29) is 17.4 Å². The van der Waals surface area contributed by atoms with Gasteiger partial charge in [0.05, 0.1) is 6.10 Å². The molecule has 2 unspecified atom stereocenters. The van der Waals surface area contributed by atoms with Gasteiger partial charge in [-0.25, -0.2) is 0 Å². The van der Waals surface area contributed by atoms with Crippen LogP contribution in [-0.4, -0.2) is 11.2 Å². The Kier molecular flexibility index (Phi) is 4.69. The highest BCUT2D eigenvalue weighted by molar-refractivity contribution is 5.03. The van der Waals surface area contributed by atoms with Crippen molar-refractivity contribution in [3.05, 3.63) is 12.2 Å². The van der Waals surface area contributed by atoms with Gasteiger partial charge in [0, 0.05) is 5.92 Å². The van der Waals surface area contributed by atoms with E-state index in [4.69, 9.17) is 0 Å². The lowest BCUT2D eigenvalue weighted by molar-refractivity contribution is 0.125. The minimum atomic E-state index is -0.227. The Morgan fingerprint density at radius 3 is 2.15 bits per heavy atom. The van der Waals surface area contributed by atoms with Gasteiger partial charge in [-0.15, -0.1) is 0 Å². The number of aliphatic hydroxyl groups is 1. The fourth-order valence-corrected chi connectivity index (χ4v) is 1.47. The Labute approximate surface area is 82.9 Å². The van der Waals surface area contributed by atoms with Crippen LogP contribution in [0.15, 0.2) is 12.2 Å². The predicted molar refractivity (Wildman–Crippen MR) is 58.7 cm³/mol. The van der Waals surface area contributed by atoms with Crippen LogP contribution in [-0.2, 0) is 0 Å². The monoisotopic (exact) mass is 184 g/mol. The van der Waals surface area contributed by atoms with E-state index >= 15 is 0 Å². The third-order valence-corrected chi connectivity index (χ3v) is 2.40. The Bertz CT molecular complexity index is 164. The summed E-state index contributed by atoms with van der Waals surface area (Å²) in [6.07, 6.45) is 1.57. The highest BCUT2D eigenvalue weighted by Gasteiger charge is 2.20. The lowest BCUT2D eigenvalue weighted by Gasteiger charge is -2.26. The smallest absolute Gasteiger partial charge is 0.0600 e. The fourth-order valence-electron chi connectivity index (χ4n) is 1.47. The molecule has 0 heterocycles. The molecule has 0 fully saturated rings. The minimum Gasteiger partial charge on any atom is -0.393 e. The van der Waals surface area contributed by atoms with Crippen molar-refractivity contribution in [3.63, 3.8) is 0 Å². The van der Waals surface area contributed by atoms with Crippen LogP contribution < -0.4 is 0 Å². The zero-order valence-electron chi connectivity index (χ0n) is 9.72. The average Bonchev–Trinajstić information content (AvgIpc) is 1.98. The Morgan fingerprint density at radius 1 is 1.38 bits per heavy atom. The summed E-state index contributed by atoms with van der Waals surface area (Å²) < 4.78 is 0. The Morgan fingerprint density at radius 2 is 1.85 bits per heavy atom. The second-order valence-corrected chi connectivity index (χ2v) is 5.16. The molecule has 13 heavy (non-hydrogen) atoms. The molecule has 0 aliphatic heterocycles. The van der Waals surface area contributed by atoms with Gasteiger partial charge in [-0.1, -0.05) is 46.8 Å². The van der Waals surface area contributed by atoms with Crippen LogP contribution in [0, 0.1) is 11.3 Å². The van der Waals surface area contributed by atoms with Gasteiger partial charge < -0.3 is 5.11 Å². The van der Waals surface area contributed by atoms with Gasteiger partial charge in [-0.05, 0) is 18.3 Å². The first-order chi connectivity index (χ1) is 5.78. The summed E-state index contributed by atoms with van der Waals surface area (Å²) in [5.41, 5.74) is 1.44. The van der Waals surface area contributed by atoms with E-state index < -0.39 is 0 Å². The quantitative estimate of drug-likeness (QED) is 0.664. The van der Waals surface area contributed by atoms with Gasteiger partial charge >= 0.3 is 0 Å². The highest BCUT2D eigenvalue weighted by atomic mass is 16.3. The highest BCUT2D eigenvalue weighted by Crippen LogP contribution is 2.29. The molecule has 0 bridgehead atoms. The van der Waals surface area contributed by atoms with E-state index in [9.17, 15) is 5.11 Å². The van der Waals surface area contributed by atoms with E-state index in [0.717, 1.165) is 12.8 Å². The second-order valence-electron chi connectivity index (χ2n) is 5.16. The number of hydrogen-bond acceptors (Lipinski definition) is 1. The molecule has 0 saturated carbocycles. The van der Waals surface area contributed by atoms with Crippen molar-refractivity contribution < 1.29 is 5.11 Å². The minimum absolute atomic E-state index is 0.226. The summed E-state index contributed by atoms with van der Waals surface area (Å²) >= 11 is 0. The molecular formula is C12H24O. The molecule has 2 atom stereocenters. The predicted octanol–water partition coefficient (Wildman–Crippen LogP) is 3.39. The number of aliphatic hydroxyl groups excluding tert-OH is 1. The first-order valence-electron chi connectivity index (χ1n) is 5.13. The molecule has 0 aromatic rings. The van der Waals surface area contributed by atoms with Gasteiger partial charge in [-0.2, -0.15) is 0 Å². The molecule has 0 aromatic carbocycles. The molecule has 0 aliphatic carbocycles. The molecule has 0 spiro atoms. The molecule has 1 N–H and O–H groups in total. The first kappa shape index (κ1) is 12.7. The van der Waals surface area contributed by atoms with Crippen LogP contribution in [0.1, 0.15) is 47.5 Å². The average molecular weight is 184 g/mol. The van der Waals surface area contributed by atoms with Crippen LogP contribution >= 0.6 is 0 Å². The third kappa shape index (κ3) is 5.09. The van der Waals surface area contributed by atoms with Crippen molar-refractivity contribution in [2.75, 3.05) is 0 Å². The van der Waals surface area contributed by atoms with Crippen molar-refractivity contribution in [2.45, 2.75) is 53.6 Å². The van der Waals surface area contributed by atoms with E-state index in [1.807, 2.05) is 6.92 Å². The van der Waals surface area contributed by atoms with Gasteiger partial charge in [0.25, 0.3) is 0 Å². The summed E-state index contributed by atoms with van der Waals surface area (Å²) in [7, 11) is 0. The molecule has 0 aliphatic rings. The number of hydrogen-bond donors (Lipinski definition) is 1. The maximum absolute atomic E-state index is 9.63. The lowest BCUT2D eigenvalue weighted by Crippen LogP contribution is -2.20. The van der Waals surface area contributed by atoms with Crippen LogP contribution in [0.3, 0.4) is 0 Å². The Balaban J connectivity index is 4.12. The third-order valence-electron chi connectivity index (χ3n) is 2.40. The Hall–Kier alpha value is -0.300. The molecule has 1 nitrogen and oxygen atoms in total. The maximum atomic E-state index is 9.63. The van der Waals surface area contributed by atoms with Crippen molar-refractivity contribution in [1.29, 1.82) is 0 Å². The lowest BCUT2D eigenvalue weighted by atomic mass is 9.82. The number of rotatable bonds is 4. The normalized spacial score (nSPS) is 16.8. The molecule has 0 amide bonds. The SMILES string of the molecule is C=C(CC(C)(C)C)C(C)C(O)CC. The van der Waals surface area contributed by atoms with Crippen LogP contribution in [0.2, 0.25) is 0 Å². The standard InChI is InChI=1S/C12H24O/c1-7-11(13)10(3)9(2)8-12(4,5)6/h10-11,13H,2,7-8H2,1,3-6H3. The van der Waals surface area contributed by atoms with Gasteiger partial charge in [0.2, 0.25) is 0 Å². The molecule has 78 valence electrons. The zero-order chi connectivity index (χ0) is 10.6. The maximum Gasteiger partial charge on any atom is 0.0600 e. The summed E-state index contributed by atoms with van der Waals surface area (Å²) in [5.74, 6) is 0.226. The van der Waals surface area contributed by atoms with Crippen molar-refractivity contribution in [3.8, 4) is 0 Å². The fraction of sp³-hybridized carbons (Fsp3) is 0.833. The molecule has 0 rings (SSSR count).